The van der Waals surface area contributed by atoms with Gasteiger partial charge < -0.3 is 10.6 Å². The molecule has 104 valence electrons. The smallest absolute Gasteiger partial charge is 0.145 e. The molecule has 2 aromatic rings. The summed E-state index contributed by atoms with van der Waals surface area (Å²) in [5.41, 5.74) is 7.24. The summed E-state index contributed by atoms with van der Waals surface area (Å²) in [6.45, 7) is 0.0502. The monoisotopic (exact) mass is 336 g/mol. The highest BCUT2D eigenvalue weighted by molar-refractivity contribution is 9.10. The maximum atomic E-state index is 13.5. The molecular formula is C15H14BrFN2O. The van der Waals surface area contributed by atoms with Gasteiger partial charge in [0.05, 0.1) is 0 Å². The van der Waals surface area contributed by atoms with E-state index in [0.717, 1.165) is 5.56 Å². The highest BCUT2D eigenvalue weighted by atomic mass is 79.9. The predicted octanol–water partition coefficient (Wildman–Crippen LogP) is 3.62. The number of benzene rings is 2. The van der Waals surface area contributed by atoms with E-state index in [2.05, 4.69) is 21.1 Å². The first-order chi connectivity index (χ1) is 9.65. The molecule has 5 heteroatoms. The molecule has 2 N–H and O–H groups in total. The molecule has 0 radical (unpaired) electrons. The van der Waals surface area contributed by atoms with Crippen LogP contribution in [0.4, 0.5) is 4.39 Å². The molecule has 0 saturated heterocycles. The molecule has 0 fully saturated rings. The number of nitrogens with two attached hydrogens (primary N) is 1. The summed E-state index contributed by atoms with van der Waals surface area (Å²) in [5.74, 6) is 0.0184. The van der Waals surface area contributed by atoms with Crippen LogP contribution < -0.4 is 5.73 Å². The van der Waals surface area contributed by atoms with Crippen LogP contribution in [0.15, 0.2) is 58.2 Å². The fraction of sp³-hybridized carbons (Fsp3) is 0.133. The lowest BCUT2D eigenvalue weighted by atomic mass is 10.1. The fourth-order valence-electron chi connectivity index (χ4n) is 1.66. The van der Waals surface area contributed by atoms with Crippen molar-refractivity contribution in [1.82, 2.24) is 0 Å². The van der Waals surface area contributed by atoms with E-state index >= 15 is 0 Å². The van der Waals surface area contributed by atoms with Gasteiger partial charge in [-0.15, -0.1) is 0 Å². The highest BCUT2D eigenvalue weighted by Crippen LogP contribution is 2.16. The number of amidine groups is 1. The molecule has 0 atom stereocenters. The Morgan fingerprint density at radius 1 is 1.20 bits per heavy atom. The Kier molecular flexibility index (Phi) is 5.12. The highest BCUT2D eigenvalue weighted by Gasteiger charge is 2.03. The maximum absolute atomic E-state index is 13.5. The summed E-state index contributed by atoms with van der Waals surface area (Å²) in [6, 6.07) is 14.5. The number of halogens is 2. The summed E-state index contributed by atoms with van der Waals surface area (Å²) in [7, 11) is 0. The van der Waals surface area contributed by atoms with E-state index < -0.39 is 0 Å². The number of nitrogens with zero attached hydrogens (tertiary/aromatic N) is 1. The zero-order valence-corrected chi connectivity index (χ0v) is 12.3. The Morgan fingerprint density at radius 3 is 2.65 bits per heavy atom. The number of hydrogen-bond acceptors (Lipinski definition) is 2. The lowest BCUT2D eigenvalue weighted by Crippen LogP contribution is -2.15. The lowest BCUT2D eigenvalue weighted by molar-refractivity contribution is 0.127. The molecule has 0 unspecified atom stereocenters. The van der Waals surface area contributed by atoms with Crippen molar-refractivity contribution < 1.29 is 9.23 Å². The molecule has 0 aliphatic carbocycles. The van der Waals surface area contributed by atoms with Crippen molar-refractivity contribution in [3.8, 4) is 0 Å². The molecule has 0 bridgehead atoms. The van der Waals surface area contributed by atoms with Crippen LogP contribution >= 0.6 is 15.9 Å². The summed E-state index contributed by atoms with van der Waals surface area (Å²) < 4.78 is 14.2. The summed E-state index contributed by atoms with van der Waals surface area (Å²) in [5, 5.41) is 3.79. The van der Waals surface area contributed by atoms with Gasteiger partial charge in [0.25, 0.3) is 0 Å². The quantitative estimate of drug-likeness (QED) is 0.515. The van der Waals surface area contributed by atoms with Gasteiger partial charge in [0.1, 0.15) is 18.3 Å². The summed E-state index contributed by atoms with van der Waals surface area (Å²) in [4.78, 5) is 5.08. The van der Waals surface area contributed by atoms with Crippen molar-refractivity contribution in [2.45, 2.75) is 13.0 Å². The van der Waals surface area contributed by atoms with Crippen LogP contribution in [-0.2, 0) is 17.9 Å². The van der Waals surface area contributed by atoms with Gasteiger partial charge in [-0.2, -0.15) is 0 Å². The van der Waals surface area contributed by atoms with E-state index in [1.54, 1.807) is 12.1 Å². The lowest BCUT2D eigenvalue weighted by Gasteiger charge is -2.04. The minimum Gasteiger partial charge on any atom is -0.389 e. The van der Waals surface area contributed by atoms with E-state index in [4.69, 9.17) is 10.6 Å². The molecule has 3 nitrogen and oxygen atoms in total. The standard InChI is InChI=1S/C15H14BrFN2O/c16-13-7-6-12(14(17)9-13)10-20-19-15(18)8-11-4-2-1-3-5-11/h1-7,9H,8,10H2,(H2,18,19). The van der Waals surface area contributed by atoms with Gasteiger partial charge in [-0.05, 0) is 17.7 Å². The van der Waals surface area contributed by atoms with Crippen LogP contribution in [0.2, 0.25) is 0 Å². The van der Waals surface area contributed by atoms with E-state index in [9.17, 15) is 4.39 Å². The normalized spacial score (nSPS) is 11.4. The molecule has 0 spiro atoms. The minimum atomic E-state index is -0.337. The van der Waals surface area contributed by atoms with Crippen molar-refractivity contribution in [2.75, 3.05) is 0 Å². The predicted molar refractivity (Wildman–Crippen MR) is 80.7 cm³/mol. The molecule has 2 rings (SSSR count). The molecule has 0 heterocycles. The van der Waals surface area contributed by atoms with Gasteiger partial charge in [0, 0.05) is 16.5 Å². The maximum Gasteiger partial charge on any atom is 0.145 e. The second-order valence-corrected chi connectivity index (χ2v) is 5.17. The van der Waals surface area contributed by atoms with E-state index in [0.29, 0.717) is 22.3 Å². The zero-order chi connectivity index (χ0) is 14.4. The number of oxime groups is 1. The first kappa shape index (κ1) is 14.5. The van der Waals surface area contributed by atoms with Gasteiger partial charge in [-0.1, -0.05) is 57.5 Å². The third kappa shape index (κ3) is 4.35. The van der Waals surface area contributed by atoms with Gasteiger partial charge in [-0.25, -0.2) is 4.39 Å². The Morgan fingerprint density at radius 2 is 1.95 bits per heavy atom. The third-order valence-electron chi connectivity index (χ3n) is 2.65. The molecular weight excluding hydrogens is 323 g/mol. The van der Waals surface area contributed by atoms with Crippen molar-refractivity contribution in [3.05, 3.63) is 69.9 Å². The molecule has 0 aliphatic rings. The van der Waals surface area contributed by atoms with Gasteiger partial charge in [0.2, 0.25) is 0 Å². The van der Waals surface area contributed by atoms with Crippen LogP contribution in [0, 0.1) is 5.82 Å². The molecule has 0 saturated carbocycles. The Hall–Kier alpha value is -1.88. The van der Waals surface area contributed by atoms with Gasteiger partial charge >= 0.3 is 0 Å². The van der Waals surface area contributed by atoms with E-state index in [-0.39, 0.29) is 12.4 Å². The molecule has 2 aromatic carbocycles. The molecule has 0 aliphatic heterocycles. The van der Waals surface area contributed by atoms with Crippen LogP contribution in [0.25, 0.3) is 0 Å². The fourth-order valence-corrected chi connectivity index (χ4v) is 1.99. The van der Waals surface area contributed by atoms with Crippen LogP contribution in [0.3, 0.4) is 0 Å². The first-order valence-electron chi connectivity index (χ1n) is 6.07. The number of rotatable bonds is 5. The topological polar surface area (TPSA) is 47.6 Å². The Balaban J connectivity index is 1.89. The zero-order valence-electron chi connectivity index (χ0n) is 10.7. The SMILES string of the molecule is N/C(Cc1ccccc1)=N\OCc1ccc(Br)cc1F. The molecule has 20 heavy (non-hydrogen) atoms. The summed E-state index contributed by atoms with van der Waals surface area (Å²) in [6.07, 6.45) is 0.504. The molecule has 0 aromatic heterocycles. The van der Waals surface area contributed by atoms with Gasteiger partial charge in [0.15, 0.2) is 0 Å². The Labute approximate surface area is 125 Å². The largest absolute Gasteiger partial charge is 0.389 e. The molecule has 0 amide bonds. The van der Waals surface area contributed by atoms with Crippen molar-refractivity contribution >= 4 is 21.8 Å². The van der Waals surface area contributed by atoms with Crippen molar-refractivity contribution in [3.63, 3.8) is 0 Å². The first-order valence-corrected chi connectivity index (χ1v) is 6.86. The minimum absolute atomic E-state index is 0.0502. The average Bonchev–Trinajstić information content (AvgIpc) is 2.42. The van der Waals surface area contributed by atoms with Crippen LogP contribution in [0.5, 0.6) is 0 Å². The van der Waals surface area contributed by atoms with Crippen LogP contribution in [0.1, 0.15) is 11.1 Å². The Bertz CT molecular complexity index is 602. The van der Waals surface area contributed by atoms with Gasteiger partial charge in [-0.3, -0.25) is 0 Å². The second kappa shape index (κ2) is 7.05. The number of hydrogen-bond donors (Lipinski definition) is 1. The second-order valence-electron chi connectivity index (χ2n) is 4.25. The van der Waals surface area contributed by atoms with E-state index in [1.165, 1.54) is 6.07 Å². The average molecular weight is 337 g/mol. The third-order valence-corrected chi connectivity index (χ3v) is 3.14. The van der Waals surface area contributed by atoms with Crippen molar-refractivity contribution in [1.29, 1.82) is 0 Å². The van der Waals surface area contributed by atoms with E-state index in [1.807, 2.05) is 30.3 Å². The van der Waals surface area contributed by atoms with Crippen molar-refractivity contribution in [2.24, 2.45) is 10.9 Å². The van der Waals surface area contributed by atoms with Crippen LogP contribution in [-0.4, -0.2) is 5.84 Å². The summed E-state index contributed by atoms with van der Waals surface area (Å²) >= 11 is 3.20.